The largest absolute Gasteiger partial charge is 0.493 e. The summed E-state index contributed by atoms with van der Waals surface area (Å²) in [4.78, 5) is 8.36. The Labute approximate surface area is 80.5 Å². The van der Waals surface area contributed by atoms with Crippen molar-refractivity contribution in [1.29, 1.82) is 0 Å². The molecule has 2 aromatic rings. The maximum atomic E-state index is 5.30. The normalized spacial score (nSPS) is 10.6. The predicted octanol–water partition coefficient (Wildman–Crippen LogP) is 2.29. The highest BCUT2D eigenvalue weighted by atomic mass is 32.2. The molecule has 68 valence electrons. The van der Waals surface area contributed by atoms with Crippen LogP contribution in [-0.2, 0) is 0 Å². The molecule has 3 nitrogen and oxygen atoms in total. The third-order valence-electron chi connectivity index (χ3n) is 1.93. The van der Waals surface area contributed by atoms with Gasteiger partial charge in [-0.15, -0.1) is 11.8 Å². The Balaban J connectivity index is 2.74. The van der Waals surface area contributed by atoms with Gasteiger partial charge in [-0.25, -0.2) is 4.98 Å². The molecule has 2 rings (SSSR count). The highest BCUT2D eigenvalue weighted by Crippen LogP contribution is 2.33. The Morgan fingerprint density at radius 3 is 3.00 bits per heavy atom. The summed E-state index contributed by atoms with van der Waals surface area (Å²) in [6, 6.07) is 4.04. The molecule has 0 aliphatic rings. The van der Waals surface area contributed by atoms with E-state index in [4.69, 9.17) is 4.74 Å². The molecule has 0 atom stereocenters. The Kier molecular flexibility index (Phi) is 2.14. The average Bonchev–Trinajstić information content (AvgIpc) is 2.63. The molecule has 1 aromatic carbocycles. The van der Waals surface area contributed by atoms with Crippen LogP contribution in [0.15, 0.2) is 23.4 Å². The molecule has 0 bridgehead atoms. The van der Waals surface area contributed by atoms with E-state index in [-0.39, 0.29) is 0 Å². The van der Waals surface area contributed by atoms with Crippen LogP contribution in [0.4, 0.5) is 0 Å². The van der Waals surface area contributed by atoms with Gasteiger partial charge in [0, 0.05) is 0 Å². The van der Waals surface area contributed by atoms with Crippen LogP contribution in [0.3, 0.4) is 0 Å². The van der Waals surface area contributed by atoms with Gasteiger partial charge in [-0.3, -0.25) is 0 Å². The second-order valence-corrected chi connectivity index (χ2v) is 3.45. The summed E-state index contributed by atoms with van der Waals surface area (Å²) in [5, 5.41) is 0. The molecule has 0 fully saturated rings. The van der Waals surface area contributed by atoms with Gasteiger partial charge in [0.1, 0.15) is 5.52 Å². The summed E-state index contributed by atoms with van der Waals surface area (Å²) in [5.74, 6) is 0.853. The summed E-state index contributed by atoms with van der Waals surface area (Å²) in [6.45, 7) is 0. The maximum absolute atomic E-state index is 5.30. The molecule has 0 amide bonds. The van der Waals surface area contributed by atoms with Gasteiger partial charge in [-0.05, 0) is 18.4 Å². The number of ether oxygens (including phenoxy) is 1. The van der Waals surface area contributed by atoms with Crippen molar-refractivity contribution in [2.24, 2.45) is 0 Å². The van der Waals surface area contributed by atoms with E-state index in [1.807, 2.05) is 18.4 Å². The van der Waals surface area contributed by atoms with E-state index < -0.39 is 0 Å². The number of hydrogen-bond acceptors (Lipinski definition) is 3. The standard InChI is InChI=1S/C9H10N2OS/c1-12-9-7(13-2)4-3-6-8(9)11-5-10-6/h3-5H,1-2H3,(H,10,11). The van der Waals surface area contributed by atoms with Gasteiger partial charge in [-0.2, -0.15) is 0 Å². The topological polar surface area (TPSA) is 37.9 Å². The van der Waals surface area contributed by atoms with Gasteiger partial charge in [-0.1, -0.05) is 0 Å². The number of nitrogens with one attached hydrogen (secondary N) is 1. The van der Waals surface area contributed by atoms with Crippen molar-refractivity contribution in [2.75, 3.05) is 13.4 Å². The van der Waals surface area contributed by atoms with Crippen LogP contribution >= 0.6 is 11.8 Å². The second-order valence-electron chi connectivity index (χ2n) is 2.60. The number of fused-ring (bicyclic) bond motifs is 1. The van der Waals surface area contributed by atoms with E-state index in [0.29, 0.717) is 0 Å². The number of thioether (sulfide) groups is 1. The Morgan fingerprint density at radius 1 is 1.46 bits per heavy atom. The van der Waals surface area contributed by atoms with Crippen LogP contribution in [0, 0.1) is 0 Å². The fourth-order valence-corrected chi connectivity index (χ4v) is 1.89. The van der Waals surface area contributed by atoms with Crippen LogP contribution in [0.2, 0.25) is 0 Å². The number of rotatable bonds is 2. The summed E-state index contributed by atoms with van der Waals surface area (Å²) in [5.41, 5.74) is 1.91. The molecule has 0 saturated carbocycles. The summed E-state index contributed by atoms with van der Waals surface area (Å²) < 4.78 is 5.30. The minimum absolute atomic E-state index is 0.853. The predicted molar refractivity (Wildman–Crippen MR) is 54.4 cm³/mol. The molecule has 0 saturated heterocycles. The molecule has 0 spiro atoms. The summed E-state index contributed by atoms with van der Waals surface area (Å²) >= 11 is 1.66. The SMILES string of the molecule is COc1c(SC)ccc2[nH]cnc12. The lowest BCUT2D eigenvalue weighted by molar-refractivity contribution is 0.409. The molecule has 0 radical (unpaired) electrons. The van der Waals surface area contributed by atoms with Crippen molar-refractivity contribution >= 4 is 22.8 Å². The average molecular weight is 194 g/mol. The number of methoxy groups -OCH3 is 1. The van der Waals surface area contributed by atoms with E-state index in [1.165, 1.54) is 0 Å². The van der Waals surface area contributed by atoms with Crippen LogP contribution < -0.4 is 4.74 Å². The van der Waals surface area contributed by atoms with Gasteiger partial charge >= 0.3 is 0 Å². The first-order valence-electron chi connectivity index (χ1n) is 3.91. The number of nitrogens with zero attached hydrogens (tertiary/aromatic N) is 1. The molecule has 0 aliphatic heterocycles. The fraction of sp³-hybridized carbons (Fsp3) is 0.222. The number of aromatic nitrogens is 2. The minimum atomic E-state index is 0.853. The second kappa shape index (κ2) is 3.30. The molecule has 13 heavy (non-hydrogen) atoms. The lowest BCUT2D eigenvalue weighted by Crippen LogP contribution is -1.87. The molecule has 1 heterocycles. The van der Waals surface area contributed by atoms with Gasteiger partial charge in [0.15, 0.2) is 5.75 Å². The third-order valence-corrected chi connectivity index (χ3v) is 2.69. The first-order valence-corrected chi connectivity index (χ1v) is 5.13. The smallest absolute Gasteiger partial charge is 0.160 e. The number of aromatic amines is 1. The first kappa shape index (κ1) is 8.44. The van der Waals surface area contributed by atoms with Crippen LogP contribution in [0.25, 0.3) is 11.0 Å². The van der Waals surface area contributed by atoms with Crippen LogP contribution in [0.5, 0.6) is 5.75 Å². The quantitative estimate of drug-likeness (QED) is 0.745. The fourth-order valence-electron chi connectivity index (χ4n) is 1.32. The van der Waals surface area contributed by atoms with E-state index in [1.54, 1.807) is 25.2 Å². The summed E-state index contributed by atoms with van der Waals surface area (Å²) in [6.07, 6.45) is 3.70. The Hall–Kier alpha value is -1.16. The minimum Gasteiger partial charge on any atom is -0.493 e. The van der Waals surface area contributed by atoms with Gasteiger partial charge in [0.2, 0.25) is 0 Å². The van der Waals surface area contributed by atoms with E-state index >= 15 is 0 Å². The van der Waals surface area contributed by atoms with E-state index in [2.05, 4.69) is 9.97 Å². The Morgan fingerprint density at radius 2 is 2.31 bits per heavy atom. The third kappa shape index (κ3) is 1.27. The lowest BCUT2D eigenvalue weighted by atomic mass is 10.3. The highest BCUT2D eigenvalue weighted by molar-refractivity contribution is 7.98. The Bertz CT molecular complexity index is 424. The molecular formula is C9H10N2OS. The molecule has 0 unspecified atom stereocenters. The van der Waals surface area contributed by atoms with Crippen molar-refractivity contribution in [1.82, 2.24) is 9.97 Å². The number of benzene rings is 1. The lowest BCUT2D eigenvalue weighted by Gasteiger charge is -2.05. The van der Waals surface area contributed by atoms with Gasteiger partial charge < -0.3 is 9.72 Å². The van der Waals surface area contributed by atoms with Crippen molar-refractivity contribution in [3.05, 3.63) is 18.5 Å². The van der Waals surface area contributed by atoms with Crippen molar-refractivity contribution in [2.45, 2.75) is 4.90 Å². The monoisotopic (exact) mass is 194 g/mol. The van der Waals surface area contributed by atoms with Crippen molar-refractivity contribution < 1.29 is 4.74 Å². The highest BCUT2D eigenvalue weighted by Gasteiger charge is 2.08. The number of hydrogen-bond donors (Lipinski definition) is 1. The molecule has 0 aliphatic carbocycles. The molecule has 4 heteroatoms. The zero-order valence-corrected chi connectivity index (χ0v) is 8.31. The van der Waals surface area contributed by atoms with Gasteiger partial charge in [0.05, 0.1) is 23.8 Å². The first-order chi connectivity index (χ1) is 6.36. The number of H-pyrrole nitrogens is 1. The maximum Gasteiger partial charge on any atom is 0.160 e. The molecular weight excluding hydrogens is 184 g/mol. The molecule has 1 N–H and O–H groups in total. The van der Waals surface area contributed by atoms with Crippen molar-refractivity contribution in [3.8, 4) is 5.75 Å². The van der Waals surface area contributed by atoms with Gasteiger partial charge in [0.25, 0.3) is 0 Å². The van der Waals surface area contributed by atoms with E-state index in [0.717, 1.165) is 21.7 Å². The summed E-state index contributed by atoms with van der Waals surface area (Å²) in [7, 11) is 1.67. The zero-order chi connectivity index (χ0) is 9.26. The number of imidazole rings is 1. The van der Waals surface area contributed by atoms with Crippen LogP contribution in [-0.4, -0.2) is 23.3 Å². The molecule has 1 aromatic heterocycles. The van der Waals surface area contributed by atoms with E-state index in [9.17, 15) is 0 Å². The van der Waals surface area contributed by atoms with Crippen molar-refractivity contribution in [3.63, 3.8) is 0 Å². The zero-order valence-electron chi connectivity index (χ0n) is 7.50. The van der Waals surface area contributed by atoms with Crippen LogP contribution in [0.1, 0.15) is 0 Å².